The molecule has 0 saturated heterocycles. The van der Waals surface area contributed by atoms with E-state index in [1.165, 1.54) is 9.75 Å². The Labute approximate surface area is 75.7 Å². The lowest BCUT2D eigenvalue weighted by Gasteiger charge is -2.01. The minimum atomic E-state index is -0.0417. The summed E-state index contributed by atoms with van der Waals surface area (Å²) in [6.07, 6.45) is 0. The van der Waals surface area contributed by atoms with Crippen LogP contribution in [0.4, 0.5) is 0 Å². The highest BCUT2D eigenvalue weighted by Crippen LogP contribution is 2.28. The summed E-state index contributed by atoms with van der Waals surface area (Å²) in [5.41, 5.74) is 9.41. The molecule has 0 spiro atoms. The zero-order valence-corrected chi connectivity index (χ0v) is 8.22. The van der Waals surface area contributed by atoms with Gasteiger partial charge in [0.25, 0.3) is 0 Å². The van der Waals surface area contributed by atoms with Crippen molar-refractivity contribution >= 4 is 11.3 Å². The summed E-state index contributed by atoms with van der Waals surface area (Å²) >= 11 is 1.74. The molecule has 1 atom stereocenters. The maximum Gasteiger partial charge on any atom is 0.0608 e. The van der Waals surface area contributed by atoms with Crippen molar-refractivity contribution in [2.45, 2.75) is 26.8 Å². The molecule has 12 heavy (non-hydrogen) atoms. The number of rotatable bonds is 2. The number of aryl methyl sites for hydroxylation is 2. The molecule has 0 N–H and O–H groups in total. The minimum Gasteiger partial charge on any atom is -0.146 e. The van der Waals surface area contributed by atoms with Crippen LogP contribution in [0.1, 0.15) is 28.3 Å². The van der Waals surface area contributed by atoms with Crippen LogP contribution >= 0.6 is 11.3 Å². The normalized spacial score (nSPS) is 12.2. The van der Waals surface area contributed by atoms with Crippen LogP contribution in [0.5, 0.6) is 0 Å². The maximum atomic E-state index is 8.26. The number of hydrogen-bond acceptors (Lipinski definition) is 2. The Morgan fingerprint density at radius 1 is 1.58 bits per heavy atom. The Bertz CT molecular complexity index is 323. The van der Waals surface area contributed by atoms with Gasteiger partial charge in [0, 0.05) is 14.7 Å². The number of azide groups is 1. The summed E-state index contributed by atoms with van der Waals surface area (Å²) in [6, 6.07) is 2.04. The van der Waals surface area contributed by atoms with Gasteiger partial charge in [0.05, 0.1) is 6.04 Å². The van der Waals surface area contributed by atoms with Gasteiger partial charge >= 0.3 is 0 Å². The molecule has 0 saturated carbocycles. The molecule has 0 fully saturated rings. The third-order valence-corrected chi connectivity index (χ3v) is 2.74. The molecule has 0 aromatic carbocycles. The molecule has 1 aromatic heterocycles. The van der Waals surface area contributed by atoms with E-state index in [0.717, 1.165) is 5.56 Å². The molecule has 0 radical (unpaired) electrons. The number of nitrogens with zero attached hydrogens (tertiary/aromatic N) is 3. The van der Waals surface area contributed by atoms with E-state index in [9.17, 15) is 0 Å². The first-order valence-electron chi connectivity index (χ1n) is 3.76. The first-order valence-corrected chi connectivity index (χ1v) is 4.58. The van der Waals surface area contributed by atoms with E-state index < -0.39 is 0 Å². The Balaban J connectivity index is 3.01. The van der Waals surface area contributed by atoms with E-state index in [2.05, 4.69) is 29.9 Å². The highest BCUT2D eigenvalue weighted by Gasteiger charge is 2.08. The Kier molecular flexibility index (Phi) is 2.74. The minimum absolute atomic E-state index is 0.0417. The summed E-state index contributed by atoms with van der Waals surface area (Å²) in [5, 5.41) is 3.66. The highest BCUT2D eigenvalue weighted by atomic mass is 32.1. The van der Waals surface area contributed by atoms with Gasteiger partial charge in [-0.3, -0.25) is 0 Å². The van der Waals surface area contributed by atoms with Gasteiger partial charge in [-0.05, 0) is 31.0 Å². The standard InChI is InChI=1S/C8H11N3S/c1-5-4-8(7(3)12-5)6(2)10-11-9/h4,6H,1-3H3/t6-/m1/s1. The smallest absolute Gasteiger partial charge is 0.0608 e. The average Bonchev–Trinajstić information content (AvgIpc) is 2.30. The number of thiophene rings is 1. The highest BCUT2D eigenvalue weighted by molar-refractivity contribution is 7.12. The molecule has 3 nitrogen and oxygen atoms in total. The second-order valence-electron chi connectivity index (χ2n) is 2.75. The topological polar surface area (TPSA) is 48.8 Å². The molecular weight excluding hydrogens is 170 g/mol. The lowest BCUT2D eigenvalue weighted by Crippen LogP contribution is -1.86. The second kappa shape index (κ2) is 3.61. The van der Waals surface area contributed by atoms with E-state index in [1.54, 1.807) is 11.3 Å². The second-order valence-corrected chi connectivity index (χ2v) is 4.21. The Morgan fingerprint density at radius 3 is 2.67 bits per heavy atom. The van der Waals surface area contributed by atoms with Gasteiger partial charge in [-0.25, -0.2) is 0 Å². The van der Waals surface area contributed by atoms with Crippen LogP contribution in [0, 0.1) is 13.8 Å². The van der Waals surface area contributed by atoms with Gasteiger partial charge in [-0.1, -0.05) is 12.0 Å². The Hall–Kier alpha value is -0.990. The molecule has 1 heterocycles. The summed E-state index contributed by atoms with van der Waals surface area (Å²) in [5.74, 6) is 0. The molecule has 0 aliphatic rings. The average molecular weight is 181 g/mol. The van der Waals surface area contributed by atoms with E-state index in [-0.39, 0.29) is 6.04 Å². The molecule has 4 heteroatoms. The molecule has 0 aliphatic carbocycles. The van der Waals surface area contributed by atoms with E-state index in [1.807, 2.05) is 6.92 Å². The first kappa shape index (κ1) is 9.10. The molecule has 0 bridgehead atoms. The summed E-state index contributed by atoms with van der Waals surface area (Å²) in [7, 11) is 0. The zero-order chi connectivity index (χ0) is 9.14. The molecule has 1 rings (SSSR count). The summed E-state index contributed by atoms with van der Waals surface area (Å²) in [4.78, 5) is 5.30. The number of hydrogen-bond donors (Lipinski definition) is 0. The van der Waals surface area contributed by atoms with E-state index in [0.29, 0.717) is 0 Å². The zero-order valence-electron chi connectivity index (χ0n) is 7.40. The van der Waals surface area contributed by atoms with Crippen LogP contribution in [0.2, 0.25) is 0 Å². The van der Waals surface area contributed by atoms with Crippen LogP contribution < -0.4 is 0 Å². The SMILES string of the molecule is Cc1cc([C@@H](C)N=[N+]=[N-])c(C)s1. The molecule has 0 unspecified atom stereocenters. The lowest BCUT2D eigenvalue weighted by atomic mass is 10.1. The van der Waals surface area contributed by atoms with Gasteiger partial charge in [0.1, 0.15) is 0 Å². The fourth-order valence-electron chi connectivity index (χ4n) is 1.20. The summed E-state index contributed by atoms with van der Waals surface area (Å²) < 4.78 is 0. The molecule has 1 aromatic rings. The van der Waals surface area contributed by atoms with E-state index >= 15 is 0 Å². The van der Waals surface area contributed by atoms with Gasteiger partial charge in [-0.2, -0.15) is 0 Å². The largest absolute Gasteiger partial charge is 0.146 e. The van der Waals surface area contributed by atoms with Crippen molar-refractivity contribution in [1.29, 1.82) is 0 Å². The Morgan fingerprint density at radius 2 is 2.25 bits per heavy atom. The fraction of sp³-hybridized carbons (Fsp3) is 0.500. The van der Waals surface area contributed by atoms with E-state index in [4.69, 9.17) is 5.53 Å². The van der Waals surface area contributed by atoms with Gasteiger partial charge in [0.2, 0.25) is 0 Å². The molecule has 64 valence electrons. The third kappa shape index (κ3) is 1.78. The van der Waals surface area contributed by atoms with Crippen molar-refractivity contribution < 1.29 is 0 Å². The predicted octanol–water partition coefficient (Wildman–Crippen LogP) is 3.74. The quantitative estimate of drug-likeness (QED) is 0.379. The monoisotopic (exact) mass is 181 g/mol. The van der Waals surface area contributed by atoms with Crippen LogP contribution in [0.15, 0.2) is 11.2 Å². The first-order chi connectivity index (χ1) is 5.65. The van der Waals surface area contributed by atoms with Crippen molar-refractivity contribution in [2.24, 2.45) is 5.11 Å². The van der Waals surface area contributed by atoms with Crippen molar-refractivity contribution in [3.8, 4) is 0 Å². The van der Waals surface area contributed by atoms with Crippen molar-refractivity contribution in [1.82, 2.24) is 0 Å². The van der Waals surface area contributed by atoms with Crippen LogP contribution in [-0.2, 0) is 0 Å². The van der Waals surface area contributed by atoms with Crippen LogP contribution in [0.3, 0.4) is 0 Å². The summed E-state index contributed by atoms with van der Waals surface area (Å²) in [6.45, 7) is 6.02. The van der Waals surface area contributed by atoms with Gasteiger partial charge in [-0.15, -0.1) is 11.3 Å². The lowest BCUT2D eigenvalue weighted by molar-refractivity contribution is 0.805. The van der Waals surface area contributed by atoms with Gasteiger partial charge in [0.15, 0.2) is 0 Å². The predicted molar refractivity (Wildman–Crippen MR) is 51.4 cm³/mol. The van der Waals surface area contributed by atoms with Crippen molar-refractivity contribution in [3.63, 3.8) is 0 Å². The van der Waals surface area contributed by atoms with Gasteiger partial charge < -0.3 is 0 Å². The molecule has 0 amide bonds. The van der Waals surface area contributed by atoms with Crippen molar-refractivity contribution in [3.05, 3.63) is 31.8 Å². The third-order valence-electron chi connectivity index (χ3n) is 1.75. The van der Waals surface area contributed by atoms with Crippen molar-refractivity contribution in [2.75, 3.05) is 0 Å². The molecular formula is C8H11N3S. The van der Waals surface area contributed by atoms with Crippen LogP contribution in [0.25, 0.3) is 10.4 Å². The molecule has 0 aliphatic heterocycles. The van der Waals surface area contributed by atoms with Crippen LogP contribution in [-0.4, -0.2) is 0 Å². The maximum absolute atomic E-state index is 8.26. The fourth-order valence-corrected chi connectivity index (χ4v) is 2.22.